The fourth-order valence-corrected chi connectivity index (χ4v) is 3.75. The lowest BCUT2D eigenvalue weighted by Crippen LogP contribution is -2.43. The van der Waals surface area contributed by atoms with Crippen molar-refractivity contribution >= 4 is 11.9 Å². The van der Waals surface area contributed by atoms with Gasteiger partial charge in [-0.3, -0.25) is 9.78 Å². The summed E-state index contributed by atoms with van der Waals surface area (Å²) in [6.07, 6.45) is 3.23. The molecule has 2 aromatic carbocycles. The Kier molecular flexibility index (Phi) is 5.70. The highest BCUT2D eigenvalue weighted by atomic mass is 16.1. The minimum Gasteiger partial charge on any atom is -0.369 e. The summed E-state index contributed by atoms with van der Waals surface area (Å²) in [5, 5.41) is 0. The molecule has 6 heteroatoms. The largest absolute Gasteiger partial charge is 0.369 e. The molecule has 1 fully saturated rings. The van der Waals surface area contributed by atoms with Gasteiger partial charge in [-0.05, 0) is 30.7 Å². The third-order valence-corrected chi connectivity index (χ3v) is 5.32. The zero-order chi connectivity index (χ0) is 20.1. The fraction of sp³-hybridized carbons (Fsp3) is 0.261. The number of nitrogens with two attached hydrogens (primary N) is 1. The molecule has 0 aliphatic carbocycles. The van der Waals surface area contributed by atoms with Crippen molar-refractivity contribution in [1.29, 1.82) is 0 Å². The van der Waals surface area contributed by atoms with Crippen molar-refractivity contribution < 1.29 is 0 Å². The maximum atomic E-state index is 12.0. The monoisotopic (exact) mass is 387 g/mol. The van der Waals surface area contributed by atoms with E-state index in [1.165, 1.54) is 11.6 Å². The molecule has 148 valence electrons. The first-order valence-corrected chi connectivity index (χ1v) is 9.97. The normalized spacial score (nSPS) is 15.4. The van der Waals surface area contributed by atoms with E-state index in [2.05, 4.69) is 50.2 Å². The van der Waals surface area contributed by atoms with Crippen molar-refractivity contribution in [1.82, 2.24) is 14.9 Å². The quantitative estimate of drug-likeness (QED) is 0.531. The Morgan fingerprint density at radius 2 is 1.72 bits per heavy atom. The molecular formula is C23H25N5O. The topological polar surface area (TPSA) is 87.4 Å². The Bertz CT molecular complexity index is 1020. The van der Waals surface area contributed by atoms with Crippen LogP contribution >= 0.6 is 0 Å². The summed E-state index contributed by atoms with van der Waals surface area (Å²) in [6.45, 7) is 1.71. The first-order chi connectivity index (χ1) is 14.2. The molecule has 0 unspecified atom stereocenters. The maximum absolute atomic E-state index is 12.0. The smallest absolute Gasteiger partial charge is 0.252 e. The van der Waals surface area contributed by atoms with E-state index in [-0.39, 0.29) is 11.5 Å². The summed E-state index contributed by atoms with van der Waals surface area (Å²) in [4.78, 5) is 25.6. The van der Waals surface area contributed by atoms with E-state index in [4.69, 9.17) is 5.73 Å². The highest BCUT2D eigenvalue weighted by Gasteiger charge is 2.21. The van der Waals surface area contributed by atoms with E-state index >= 15 is 0 Å². The Labute approximate surface area is 170 Å². The number of hydrogen-bond acceptors (Lipinski definition) is 3. The fourth-order valence-electron chi connectivity index (χ4n) is 3.75. The first kappa shape index (κ1) is 18.9. The van der Waals surface area contributed by atoms with Crippen LogP contribution in [-0.4, -0.2) is 33.9 Å². The molecule has 4 rings (SSSR count). The van der Waals surface area contributed by atoms with Crippen LogP contribution in [0.1, 0.15) is 18.4 Å². The number of benzene rings is 2. The molecular weight excluding hydrogens is 362 g/mol. The lowest BCUT2D eigenvalue weighted by Gasteiger charge is -2.32. The number of H-pyrrole nitrogens is 1. The second-order valence-electron chi connectivity index (χ2n) is 7.41. The molecule has 1 aliphatic heterocycles. The predicted octanol–water partition coefficient (Wildman–Crippen LogP) is 3.34. The number of rotatable bonds is 4. The first-order valence-electron chi connectivity index (χ1n) is 9.97. The predicted molar refractivity (Wildman–Crippen MR) is 116 cm³/mol. The van der Waals surface area contributed by atoms with Gasteiger partial charge in [-0.1, -0.05) is 60.7 Å². The van der Waals surface area contributed by atoms with Gasteiger partial charge in [0.2, 0.25) is 5.95 Å². The van der Waals surface area contributed by atoms with Gasteiger partial charge in [0.1, 0.15) is 0 Å². The minimum atomic E-state index is -0.244. The molecule has 2 heterocycles. The van der Waals surface area contributed by atoms with Crippen LogP contribution in [0, 0.1) is 5.92 Å². The van der Waals surface area contributed by atoms with Gasteiger partial charge in [0, 0.05) is 24.7 Å². The Hall–Kier alpha value is -3.41. The van der Waals surface area contributed by atoms with Crippen LogP contribution < -0.4 is 11.3 Å². The van der Waals surface area contributed by atoms with Crippen LogP contribution in [0.4, 0.5) is 5.95 Å². The number of aliphatic imine (C=N–C) groups is 1. The summed E-state index contributed by atoms with van der Waals surface area (Å²) in [5.41, 5.74) is 8.83. The number of nitrogens with zero attached hydrogens (tertiary/aromatic N) is 3. The standard InChI is InChI=1S/C23H25N5O/c24-22(28-13-11-18(12-14-28)15-17-7-3-1-4-8-17)27-23-25-20(16-21(29)26-23)19-9-5-2-6-10-19/h1-10,16,18H,11-15H2,(H3,24,25,26,27,29). The minimum absolute atomic E-state index is 0.236. The molecule has 1 aliphatic rings. The van der Waals surface area contributed by atoms with Gasteiger partial charge >= 0.3 is 0 Å². The van der Waals surface area contributed by atoms with Gasteiger partial charge in [0.25, 0.3) is 5.56 Å². The third-order valence-electron chi connectivity index (χ3n) is 5.32. The molecule has 29 heavy (non-hydrogen) atoms. The average Bonchev–Trinajstić information content (AvgIpc) is 2.75. The summed E-state index contributed by atoms with van der Waals surface area (Å²) in [5.74, 6) is 1.29. The van der Waals surface area contributed by atoms with Crippen molar-refractivity contribution in [2.45, 2.75) is 19.3 Å². The van der Waals surface area contributed by atoms with Gasteiger partial charge < -0.3 is 10.6 Å². The molecule has 0 radical (unpaired) electrons. The summed E-state index contributed by atoms with van der Waals surface area (Å²) in [6, 6.07) is 21.6. The van der Waals surface area contributed by atoms with Crippen molar-refractivity contribution in [3.05, 3.63) is 82.6 Å². The van der Waals surface area contributed by atoms with Crippen LogP contribution in [-0.2, 0) is 6.42 Å². The molecule has 1 saturated heterocycles. The maximum Gasteiger partial charge on any atom is 0.252 e. The van der Waals surface area contributed by atoms with E-state index in [0.29, 0.717) is 17.6 Å². The second-order valence-corrected chi connectivity index (χ2v) is 7.41. The molecule has 0 spiro atoms. The van der Waals surface area contributed by atoms with Crippen LogP contribution in [0.5, 0.6) is 0 Å². The van der Waals surface area contributed by atoms with Crippen LogP contribution in [0.3, 0.4) is 0 Å². The average molecular weight is 387 g/mol. The van der Waals surface area contributed by atoms with E-state index < -0.39 is 0 Å². The van der Waals surface area contributed by atoms with Crippen molar-refractivity contribution in [3.63, 3.8) is 0 Å². The van der Waals surface area contributed by atoms with Crippen molar-refractivity contribution in [3.8, 4) is 11.3 Å². The van der Waals surface area contributed by atoms with E-state index in [1.54, 1.807) is 0 Å². The van der Waals surface area contributed by atoms with Crippen molar-refractivity contribution in [2.24, 2.45) is 16.6 Å². The number of guanidine groups is 1. The molecule has 3 aromatic rings. The van der Waals surface area contributed by atoms with Crippen LogP contribution in [0.2, 0.25) is 0 Å². The lowest BCUT2D eigenvalue weighted by atomic mass is 9.90. The zero-order valence-electron chi connectivity index (χ0n) is 16.3. The van der Waals surface area contributed by atoms with Crippen LogP contribution in [0.15, 0.2) is 76.5 Å². The van der Waals surface area contributed by atoms with Gasteiger partial charge in [0.15, 0.2) is 5.96 Å². The van der Waals surface area contributed by atoms with Gasteiger partial charge in [-0.2, -0.15) is 4.99 Å². The second kappa shape index (κ2) is 8.73. The lowest BCUT2D eigenvalue weighted by molar-refractivity contribution is 0.263. The number of aromatic amines is 1. The number of piperidine rings is 1. The number of hydrogen-bond donors (Lipinski definition) is 2. The molecule has 0 saturated carbocycles. The highest BCUT2D eigenvalue weighted by Crippen LogP contribution is 2.22. The SMILES string of the molecule is NC(=Nc1nc(-c2ccccc2)cc(=O)[nH]1)N1CCC(Cc2ccccc2)CC1. The van der Waals surface area contributed by atoms with E-state index in [1.807, 2.05) is 30.3 Å². The van der Waals surface area contributed by atoms with Crippen molar-refractivity contribution in [2.75, 3.05) is 13.1 Å². The molecule has 1 aromatic heterocycles. The summed E-state index contributed by atoms with van der Waals surface area (Å²) < 4.78 is 0. The molecule has 0 amide bonds. The molecule has 0 bridgehead atoms. The molecule has 6 nitrogen and oxygen atoms in total. The van der Waals surface area contributed by atoms with Gasteiger partial charge in [0.05, 0.1) is 5.69 Å². The zero-order valence-corrected chi connectivity index (χ0v) is 16.3. The molecule has 0 atom stereocenters. The number of likely N-dealkylation sites (tertiary alicyclic amines) is 1. The highest BCUT2D eigenvalue weighted by molar-refractivity contribution is 5.80. The Morgan fingerprint density at radius 1 is 1.07 bits per heavy atom. The summed E-state index contributed by atoms with van der Waals surface area (Å²) in [7, 11) is 0. The summed E-state index contributed by atoms with van der Waals surface area (Å²) >= 11 is 0. The van der Waals surface area contributed by atoms with E-state index in [0.717, 1.165) is 37.9 Å². The van der Waals surface area contributed by atoms with Gasteiger partial charge in [-0.15, -0.1) is 0 Å². The van der Waals surface area contributed by atoms with Crippen LogP contribution in [0.25, 0.3) is 11.3 Å². The number of nitrogens with one attached hydrogen (secondary N) is 1. The molecule has 3 N–H and O–H groups in total. The third kappa shape index (κ3) is 4.90. The Morgan fingerprint density at radius 3 is 2.41 bits per heavy atom. The van der Waals surface area contributed by atoms with Gasteiger partial charge in [-0.25, -0.2) is 4.98 Å². The number of aromatic nitrogens is 2. The Balaban J connectivity index is 1.43. The van der Waals surface area contributed by atoms with E-state index in [9.17, 15) is 4.79 Å².